The minimum atomic E-state index is 1.21. The largest absolute Gasteiger partial charge is 0.358 e. The summed E-state index contributed by atoms with van der Waals surface area (Å²) >= 11 is 0. The molecule has 0 aromatic carbocycles. The maximum Gasteiger partial charge on any atom is 0.0455 e. The van der Waals surface area contributed by atoms with Crippen molar-refractivity contribution in [2.75, 3.05) is 0 Å². The Labute approximate surface area is 84.9 Å². The van der Waals surface area contributed by atoms with Gasteiger partial charge in [0.05, 0.1) is 0 Å². The van der Waals surface area contributed by atoms with Gasteiger partial charge in [0.1, 0.15) is 0 Å². The van der Waals surface area contributed by atoms with Gasteiger partial charge in [0.2, 0.25) is 0 Å². The summed E-state index contributed by atoms with van der Waals surface area (Å²) < 4.78 is 0. The Kier molecular flexibility index (Phi) is 2.58. The number of allylic oxidation sites excluding steroid dienone is 1. The molecule has 0 saturated carbocycles. The quantitative estimate of drug-likeness (QED) is 0.688. The van der Waals surface area contributed by atoms with Crippen molar-refractivity contribution in [2.45, 2.75) is 32.6 Å². The fraction of sp³-hybridized carbons (Fsp3) is 0.385. The molecule has 1 aromatic rings. The lowest BCUT2D eigenvalue weighted by molar-refractivity contribution is 0.675. The second-order valence-electron chi connectivity index (χ2n) is 3.81. The third kappa shape index (κ3) is 1.43. The molecule has 0 radical (unpaired) electrons. The molecule has 0 bridgehead atoms. The number of aromatic amines is 1. The summed E-state index contributed by atoms with van der Waals surface area (Å²) in [5.74, 6) is 0. The van der Waals surface area contributed by atoms with E-state index in [1.807, 2.05) is 6.08 Å². The highest BCUT2D eigenvalue weighted by Gasteiger charge is 2.12. The number of aryl methyl sites for hydroxylation is 1. The van der Waals surface area contributed by atoms with Crippen LogP contribution >= 0.6 is 0 Å². The summed E-state index contributed by atoms with van der Waals surface area (Å²) in [6.07, 6.45) is 11.2. The van der Waals surface area contributed by atoms with Gasteiger partial charge < -0.3 is 4.98 Å². The van der Waals surface area contributed by atoms with Crippen LogP contribution in [0.2, 0.25) is 0 Å². The van der Waals surface area contributed by atoms with Crippen molar-refractivity contribution in [3.63, 3.8) is 0 Å². The molecule has 1 N–H and O–H groups in total. The number of hydrogen-bond donors (Lipinski definition) is 1. The lowest BCUT2D eigenvalue weighted by Crippen LogP contribution is -2.24. The molecule has 74 valence electrons. The van der Waals surface area contributed by atoms with E-state index in [-0.39, 0.29) is 0 Å². The first-order valence-corrected chi connectivity index (χ1v) is 5.35. The van der Waals surface area contributed by atoms with Crippen molar-refractivity contribution in [1.29, 1.82) is 0 Å². The van der Waals surface area contributed by atoms with E-state index in [2.05, 4.69) is 30.6 Å². The summed E-state index contributed by atoms with van der Waals surface area (Å²) in [6.45, 7) is 5.86. The lowest BCUT2D eigenvalue weighted by atomic mass is 9.97. The molecule has 0 aliphatic heterocycles. The predicted molar refractivity (Wildman–Crippen MR) is 61.5 cm³/mol. The Morgan fingerprint density at radius 2 is 2.07 bits per heavy atom. The van der Waals surface area contributed by atoms with Crippen LogP contribution in [0.15, 0.2) is 12.7 Å². The normalized spacial score (nSPS) is 18.4. The van der Waals surface area contributed by atoms with Crippen LogP contribution in [-0.2, 0) is 12.8 Å². The van der Waals surface area contributed by atoms with Gasteiger partial charge in [-0.1, -0.05) is 18.7 Å². The van der Waals surface area contributed by atoms with E-state index < -0.39 is 0 Å². The van der Waals surface area contributed by atoms with Crippen molar-refractivity contribution >= 4 is 12.2 Å². The topological polar surface area (TPSA) is 15.8 Å². The van der Waals surface area contributed by atoms with Crippen LogP contribution in [0.25, 0.3) is 12.2 Å². The van der Waals surface area contributed by atoms with E-state index in [0.29, 0.717) is 0 Å². The van der Waals surface area contributed by atoms with Gasteiger partial charge in [0, 0.05) is 11.0 Å². The molecule has 1 heteroatoms. The second-order valence-corrected chi connectivity index (χ2v) is 3.81. The van der Waals surface area contributed by atoms with Crippen LogP contribution < -0.4 is 10.6 Å². The third-order valence-corrected chi connectivity index (χ3v) is 2.94. The van der Waals surface area contributed by atoms with Gasteiger partial charge in [-0.3, -0.25) is 0 Å². The Bertz CT molecular complexity index is 448. The van der Waals surface area contributed by atoms with Gasteiger partial charge in [-0.25, -0.2) is 0 Å². The first-order valence-electron chi connectivity index (χ1n) is 5.35. The number of H-pyrrole nitrogens is 1. The van der Waals surface area contributed by atoms with Crippen molar-refractivity contribution in [2.24, 2.45) is 0 Å². The molecule has 0 saturated heterocycles. The third-order valence-electron chi connectivity index (χ3n) is 2.94. The van der Waals surface area contributed by atoms with Gasteiger partial charge in [0.25, 0.3) is 0 Å². The molecule has 14 heavy (non-hydrogen) atoms. The smallest absolute Gasteiger partial charge is 0.0455 e. The molecule has 1 aromatic heterocycles. The first kappa shape index (κ1) is 9.32. The van der Waals surface area contributed by atoms with Gasteiger partial charge in [0.15, 0.2) is 0 Å². The standard InChI is InChI=1S/C13H17N/c1-3-7-12-10(4-2)11-8-5-6-9-13(11)14-12/h3-4,7,14H,1,5-6,8-9H2,2H3. The molecule has 0 atom stereocenters. The van der Waals surface area contributed by atoms with Crippen LogP contribution in [0.3, 0.4) is 0 Å². The summed E-state index contributed by atoms with van der Waals surface area (Å²) in [7, 11) is 0. The molecule has 1 heterocycles. The van der Waals surface area contributed by atoms with Gasteiger partial charge >= 0.3 is 0 Å². The number of aromatic nitrogens is 1. The highest BCUT2D eigenvalue weighted by molar-refractivity contribution is 5.41. The van der Waals surface area contributed by atoms with Gasteiger partial charge in [-0.15, -0.1) is 0 Å². The summed E-state index contributed by atoms with van der Waals surface area (Å²) in [5, 5.41) is 2.62. The molecule has 0 spiro atoms. The van der Waals surface area contributed by atoms with Crippen molar-refractivity contribution < 1.29 is 0 Å². The van der Waals surface area contributed by atoms with Crippen LogP contribution in [0.4, 0.5) is 0 Å². The number of fused-ring (bicyclic) bond motifs is 1. The van der Waals surface area contributed by atoms with E-state index >= 15 is 0 Å². The van der Waals surface area contributed by atoms with Crippen LogP contribution in [0.1, 0.15) is 31.0 Å². The van der Waals surface area contributed by atoms with E-state index in [0.717, 1.165) is 0 Å². The summed E-state index contributed by atoms with van der Waals surface area (Å²) in [5.41, 5.74) is 2.98. The summed E-state index contributed by atoms with van der Waals surface area (Å²) in [4.78, 5) is 3.50. The Hall–Kier alpha value is -1.24. The summed E-state index contributed by atoms with van der Waals surface area (Å²) in [6, 6.07) is 0. The maximum atomic E-state index is 3.75. The zero-order valence-corrected chi connectivity index (χ0v) is 8.77. The van der Waals surface area contributed by atoms with Crippen LogP contribution in [0.5, 0.6) is 0 Å². The Morgan fingerprint density at radius 3 is 2.79 bits per heavy atom. The molecule has 2 rings (SSSR count). The van der Waals surface area contributed by atoms with Crippen molar-refractivity contribution in [3.8, 4) is 0 Å². The highest BCUT2D eigenvalue weighted by Crippen LogP contribution is 2.14. The minimum absolute atomic E-state index is 1.21. The van der Waals surface area contributed by atoms with E-state index in [1.165, 1.54) is 47.5 Å². The van der Waals surface area contributed by atoms with Crippen LogP contribution in [0, 0.1) is 0 Å². The van der Waals surface area contributed by atoms with Gasteiger partial charge in [-0.2, -0.15) is 0 Å². The number of nitrogens with one attached hydrogen (secondary N) is 1. The predicted octanol–water partition coefficient (Wildman–Crippen LogP) is 1.66. The molecule has 0 unspecified atom stereocenters. The second kappa shape index (κ2) is 3.87. The fourth-order valence-electron chi connectivity index (χ4n) is 2.31. The minimum Gasteiger partial charge on any atom is -0.358 e. The highest BCUT2D eigenvalue weighted by atomic mass is 14.7. The molecule has 1 aliphatic carbocycles. The average molecular weight is 187 g/mol. The molecular weight excluding hydrogens is 170 g/mol. The van der Waals surface area contributed by atoms with E-state index in [9.17, 15) is 0 Å². The average Bonchev–Trinajstić information content (AvgIpc) is 2.55. The molecular formula is C13H17N. The SMILES string of the molecule is C=CC=c1[nH]c2c(c1=CC)CCCC2. The van der Waals surface area contributed by atoms with Crippen LogP contribution in [-0.4, -0.2) is 4.98 Å². The number of hydrogen-bond acceptors (Lipinski definition) is 0. The Morgan fingerprint density at radius 1 is 1.29 bits per heavy atom. The lowest BCUT2D eigenvalue weighted by Gasteiger charge is -2.09. The first-order chi connectivity index (χ1) is 6.86. The molecule has 1 aliphatic rings. The van der Waals surface area contributed by atoms with Crippen molar-refractivity contribution in [3.05, 3.63) is 34.5 Å². The van der Waals surface area contributed by atoms with Gasteiger partial charge in [-0.05, 0) is 49.5 Å². The van der Waals surface area contributed by atoms with E-state index in [1.54, 1.807) is 0 Å². The number of rotatable bonds is 1. The zero-order chi connectivity index (χ0) is 9.97. The monoisotopic (exact) mass is 187 g/mol. The molecule has 0 fully saturated rings. The fourth-order valence-corrected chi connectivity index (χ4v) is 2.31. The van der Waals surface area contributed by atoms with Crippen molar-refractivity contribution in [1.82, 2.24) is 4.98 Å². The zero-order valence-electron chi connectivity index (χ0n) is 8.77. The Balaban J connectivity index is 2.70. The molecule has 0 amide bonds. The molecule has 1 nitrogen and oxygen atoms in total. The van der Waals surface area contributed by atoms with E-state index in [4.69, 9.17) is 0 Å². The maximum absolute atomic E-state index is 3.75.